The maximum absolute atomic E-state index is 10.8. The van der Waals surface area contributed by atoms with Crippen LogP contribution in [-0.4, -0.2) is 37.3 Å². The smallest absolute Gasteiger partial charge is 0.194 e. The minimum absolute atomic E-state index is 0.112. The van der Waals surface area contributed by atoms with Crippen molar-refractivity contribution in [1.29, 1.82) is 0 Å². The van der Waals surface area contributed by atoms with Crippen molar-refractivity contribution in [3.8, 4) is 0 Å². The Labute approximate surface area is 72.9 Å². The first-order chi connectivity index (χ1) is 5.25. The molecule has 1 unspecified atom stereocenters. The van der Waals surface area contributed by atoms with Crippen LogP contribution < -0.4 is 10.8 Å². The minimum Gasteiger partial charge on any atom is -0.543 e. The van der Waals surface area contributed by atoms with Gasteiger partial charge in [0.1, 0.15) is 5.97 Å². The highest BCUT2D eigenvalue weighted by Gasteiger charge is 2.39. The number of hydrogen-bond donors (Lipinski definition) is 1. The van der Waals surface area contributed by atoms with Crippen molar-refractivity contribution in [2.75, 3.05) is 21.1 Å². The van der Waals surface area contributed by atoms with Gasteiger partial charge in [0.2, 0.25) is 0 Å². The summed E-state index contributed by atoms with van der Waals surface area (Å²) < 4.78 is 0.112. The molecule has 0 saturated heterocycles. The number of hydrogen-bond acceptors (Lipinski definition) is 3. The van der Waals surface area contributed by atoms with Crippen LogP contribution in [0.5, 0.6) is 0 Å². The normalized spacial score (nSPS) is 16.7. The number of carboxylic acid groups (broad SMARTS) is 1. The van der Waals surface area contributed by atoms with Crippen LogP contribution in [0.1, 0.15) is 6.42 Å². The predicted octanol–water partition coefficient (Wildman–Crippen LogP) is -1.33. The lowest BCUT2D eigenvalue weighted by Crippen LogP contribution is -2.71. The largest absolute Gasteiger partial charge is 0.543 e. The van der Waals surface area contributed by atoms with Gasteiger partial charge >= 0.3 is 0 Å². The fraction of sp³-hybridized carbons (Fsp3) is 0.625. The molecule has 12 heavy (non-hydrogen) atoms. The molecule has 70 valence electrons. The van der Waals surface area contributed by atoms with E-state index in [0.29, 0.717) is 0 Å². The van der Waals surface area contributed by atoms with Crippen molar-refractivity contribution in [2.45, 2.75) is 12.1 Å². The Morgan fingerprint density at radius 1 is 1.67 bits per heavy atom. The summed E-state index contributed by atoms with van der Waals surface area (Å²) in [7, 11) is 5.12. The highest BCUT2D eigenvalue weighted by atomic mass is 16.4. The second kappa shape index (κ2) is 3.25. The molecule has 0 fully saturated rings. The van der Waals surface area contributed by atoms with Crippen molar-refractivity contribution in [2.24, 2.45) is 5.73 Å². The van der Waals surface area contributed by atoms with E-state index in [2.05, 4.69) is 6.58 Å². The quantitative estimate of drug-likeness (QED) is 0.325. The van der Waals surface area contributed by atoms with Gasteiger partial charge in [-0.15, -0.1) is 6.58 Å². The third-order valence-corrected chi connectivity index (χ3v) is 2.01. The van der Waals surface area contributed by atoms with Gasteiger partial charge in [-0.3, -0.25) is 5.73 Å². The fourth-order valence-corrected chi connectivity index (χ4v) is 0.851. The van der Waals surface area contributed by atoms with E-state index < -0.39 is 11.6 Å². The molecule has 2 N–H and O–H groups in total. The third-order valence-electron chi connectivity index (χ3n) is 2.01. The number of carbonyl (C=O) groups excluding carboxylic acids is 1. The number of nitrogens with zero attached hydrogens (tertiary/aromatic N) is 1. The molecular formula is C8H16N2O2. The molecule has 0 radical (unpaired) electrons. The number of aliphatic carboxylic acids is 1. The Balaban J connectivity index is 4.86. The van der Waals surface area contributed by atoms with Crippen LogP contribution in [0.4, 0.5) is 0 Å². The molecule has 0 spiro atoms. The van der Waals surface area contributed by atoms with E-state index in [0.717, 1.165) is 0 Å². The molecule has 0 amide bonds. The van der Waals surface area contributed by atoms with Gasteiger partial charge in [-0.2, -0.15) is 0 Å². The maximum atomic E-state index is 10.8. The summed E-state index contributed by atoms with van der Waals surface area (Å²) in [5, 5.41) is 10.8. The number of carbonyl (C=O) groups is 1. The summed E-state index contributed by atoms with van der Waals surface area (Å²) in [4.78, 5) is 10.8. The van der Waals surface area contributed by atoms with Crippen molar-refractivity contribution in [3.05, 3.63) is 12.7 Å². The Morgan fingerprint density at radius 3 is 2.17 bits per heavy atom. The van der Waals surface area contributed by atoms with Gasteiger partial charge in [0.25, 0.3) is 0 Å². The Bertz CT molecular complexity index is 196. The lowest BCUT2D eigenvalue weighted by molar-refractivity contribution is -0.915. The van der Waals surface area contributed by atoms with E-state index >= 15 is 0 Å². The Kier molecular flexibility index (Phi) is 3.01. The molecular weight excluding hydrogens is 156 g/mol. The second-order valence-corrected chi connectivity index (χ2v) is 3.72. The number of likely N-dealkylation sites (N-methyl/N-ethyl adjacent to an activating group) is 1. The Hall–Kier alpha value is -0.870. The van der Waals surface area contributed by atoms with Gasteiger partial charge in [0.05, 0.1) is 21.1 Å². The molecule has 0 rings (SSSR count). The van der Waals surface area contributed by atoms with Crippen LogP contribution in [-0.2, 0) is 4.79 Å². The van der Waals surface area contributed by atoms with E-state index in [9.17, 15) is 9.90 Å². The van der Waals surface area contributed by atoms with Crippen molar-refractivity contribution in [3.63, 3.8) is 0 Å². The standard InChI is InChI=1S/C8H16N2O2/c1-5-6-8(9,7(11)12)10(2,3)4/h5H,1,6,9H2,2-4H3. The zero-order valence-corrected chi connectivity index (χ0v) is 7.83. The average Bonchev–Trinajstić information content (AvgIpc) is 1.85. The average molecular weight is 172 g/mol. The first-order valence-electron chi connectivity index (χ1n) is 3.68. The molecule has 0 bridgehead atoms. The minimum atomic E-state index is -1.39. The second-order valence-electron chi connectivity index (χ2n) is 3.72. The first-order valence-corrected chi connectivity index (χ1v) is 3.68. The molecule has 0 saturated carbocycles. The maximum Gasteiger partial charge on any atom is 0.194 e. The van der Waals surface area contributed by atoms with E-state index in [1.165, 1.54) is 6.08 Å². The number of carboxylic acids is 1. The summed E-state index contributed by atoms with van der Waals surface area (Å²) >= 11 is 0. The molecule has 0 aliphatic rings. The van der Waals surface area contributed by atoms with Crippen LogP contribution in [0.25, 0.3) is 0 Å². The van der Waals surface area contributed by atoms with Crippen LogP contribution in [0.3, 0.4) is 0 Å². The molecule has 0 aromatic rings. The summed E-state index contributed by atoms with van der Waals surface area (Å²) in [6.45, 7) is 3.46. The van der Waals surface area contributed by atoms with E-state index in [-0.39, 0.29) is 10.9 Å². The van der Waals surface area contributed by atoms with Crippen LogP contribution in [0.15, 0.2) is 12.7 Å². The van der Waals surface area contributed by atoms with Crippen molar-refractivity contribution >= 4 is 5.97 Å². The highest BCUT2D eigenvalue weighted by molar-refractivity contribution is 5.74. The number of rotatable bonds is 4. The molecule has 0 aliphatic carbocycles. The van der Waals surface area contributed by atoms with Crippen molar-refractivity contribution in [1.82, 2.24) is 0 Å². The van der Waals surface area contributed by atoms with Gasteiger partial charge < -0.3 is 14.4 Å². The molecule has 0 aliphatic heterocycles. The number of quaternary nitrogens is 1. The van der Waals surface area contributed by atoms with Crippen LogP contribution in [0, 0.1) is 0 Å². The van der Waals surface area contributed by atoms with E-state index in [4.69, 9.17) is 5.73 Å². The number of nitrogens with two attached hydrogens (primary N) is 1. The van der Waals surface area contributed by atoms with Gasteiger partial charge in [-0.1, -0.05) is 6.08 Å². The zero-order valence-electron chi connectivity index (χ0n) is 7.83. The molecule has 4 heteroatoms. The summed E-state index contributed by atoms with van der Waals surface area (Å²) in [5.74, 6) is -1.25. The molecule has 0 aromatic heterocycles. The van der Waals surface area contributed by atoms with E-state index in [1.54, 1.807) is 21.1 Å². The lowest BCUT2D eigenvalue weighted by atomic mass is 10.0. The molecule has 0 heterocycles. The third kappa shape index (κ3) is 1.84. The fourth-order valence-electron chi connectivity index (χ4n) is 0.851. The highest BCUT2D eigenvalue weighted by Crippen LogP contribution is 2.16. The molecule has 0 aromatic carbocycles. The lowest BCUT2D eigenvalue weighted by Gasteiger charge is -2.43. The topological polar surface area (TPSA) is 66.2 Å². The zero-order chi connectivity index (χ0) is 9.99. The molecule has 4 nitrogen and oxygen atoms in total. The van der Waals surface area contributed by atoms with Crippen LogP contribution >= 0.6 is 0 Å². The van der Waals surface area contributed by atoms with Crippen LogP contribution in [0.2, 0.25) is 0 Å². The van der Waals surface area contributed by atoms with Gasteiger partial charge in [-0.25, -0.2) is 0 Å². The van der Waals surface area contributed by atoms with Gasteiger partial charge in [0.15, 0.2) is 5.66 Å². The predicted molar refractivity (Wildman–Crippen MR) is 44.8 cm³/mol. The SMILES string of the molecule is C=CCC(N)(C(=O)[O-])[N+](C)(C)C. The van der Waals surface area contributed by atoms with Gasteiger partial charge in [-0.05, 0) is 0 Å². The van der Waals surface area contributed by atoms with Crippen molar-refractivity contribution < 1.29 is 14.4 Å². The summed E-state index contributed by atoms with van der Waals surface area (Å²) in [5.41, 5.74) is 4.28. The molecule has 1 atom stereocenters. The summed E-state index contributed by atoms with van der Waals surface area (Å²) in [6, 6.07) is 0. The first kappa shape index (κ1) is 11.1. The van der Waals surface area contributed by atoms with E-state index in [1.807, 2.05) is 0 Å². The summed E-state index contributed by atoms with van der Waals surface area (Å²) in [6.07, 6.45) is 1.68. The Morgan fingerprint density at radius 2 is 2.08 bits per heavy atom. The monoisotopic (exact) mass is 172 g/mol. The van der Waals surface area contributed by atoms with Gasteiger partial charge in [0, 0.05) is 6.42 Å².